The second-order valence-electron chi connectivity index (χ2n) is 5.48. The van der Waals surface area contributed by atoms with Gasteiger partial charge in [-0.15, -0.1) is 0 Å². The summed E-state index contributed by atoms with van der Waals surface area (Å²) < 4.78 is 2.21. The Morgan fingerprint density at radius 3 is 2.42 bits per heavy atom. The van der Waals surface area contributed by atoms with Crippen LogP contribution in [0.15, 0.2) is 60.8 Å². The molecule has 0 radical (unpaired) electrons. The third-order valence-corrected chi connectivity index (χ3v) is 4.54. The maximum absolute atomic E-state index is 6.37. The minimum atomic E-state index is 0.186. The molecule has 0 amide bonds. The first-order valence-corrected chi connectivity index (χ1v) is 8.26. The fourth-order valence-corrected chi connectivity index (χ4v) is 3.42. The molecule has 0 saturated carbocycles. The van der Waals surface area contributed by atoms with Crippen molar-refractivity contribution in [2.45, 2.75) is 6.92 Å². The summed E-state index contributed by atoms with van der Waals surface area (Å²) >= 11 is 12.4. The summed E-state index contributed by atoms with van der Waals surface area (Å²) in [7, 11) is 0. The number of benzene rings is 2. The first-order chi connectivity index (χ1) is 11.7. The number of para-hydroxylation sites is 2. The summed E-state index contributed by atoms with van der Waals surface area (Å²) in [6, 6.07) is 18.4. The van der Waals surface area contributed by atoms with Gasteiger partial charge in [-0.2, -0.15) is 0 Å². The summed E-state index contributed by atoms with van der Waals surface area (Å²) in [6.07, 6.45) is 1.54. The van der Waals surface area contributed by atoms with E-state index in [2.05, 4.69) is 45.7 Å². The molecule has 2 heterocycles. The minimum absolute atomic E-state index is 0.186. The predicted octanol–water partition coefficient (Wildman–Crippen LogP) is 5.70. The van der Waals surface area contributed by atoms with Gasteiger partial charge < -0.3 is 4.57 Å². The van der Waals surface area contributed by atoms with Gasteiger partial charge >= 0.3 is 0 Å². The van der Waals surface area contributed by atoms with E-state index in [9.17, 15) is 0 Å². The quantitative estimate of drug-likeness (QED) is 0.432. The summed E-state index contributed by atoms with van der Waals surface area (Å²) in [4.78, 5) is 8.33. The van der Waals surface area contributed by atoms with Crippen LogP contribution in [0, 0.1) is 6.92 Å². The third kappa shape index (κ3) is 2.37. The van der Waals surface area contributed by atoms with E-state index in [0.29, 0.717) is 10.7 Å². The van der Waals surface area contributed by atoms with Crippen LogP contribution in [-0.2, 0) is 0 Å². The van der Waals surface area contributed by atoms with Crippen molar-refractivity contribution in [2.24, 2.45) is 0 Å². The summed E-state index contributed by atoms with van der Waals surface area (Å²) in [5.74, 6) is 0. The number of rotatable bonds is 2. The zero-order valence-corrected chi connectivity index (χ0v) is 14.4. The topological polar surface area (TPSA) is 30.7 Å². The molecule has 0 aliphatic rings. The molecule has 0 saturated heterocycles. The Morgan fingerprint density at radius 1 is 0.917 bits per heavy atom. The number of aromatic nitrogens is 3. The average molecular weight is 354 g/mol. The molecule has 0 unspecified atom stereocenters. The highest BCUT2D eigenvalue weighted by molar-refractivity contribution is 6.34. The van der Waals surface area contributed by atoms with E-state index in [4.69, 9.17) is 23.2 Å². The normalized spacial score (nSPS) is 11.1. The average Bonchev–Trinajstić information content (AvgIpc) is 2.90. The Kier molecular flexibility index (Phi) is 3.75. The van der Waals surface area contributed by atoms with Crippen LogP contribution >= 0.6 is 23.2 Å². The van der Waals surface area contributed by atoms with Crippen molar-refractivity contribution in [3.63, 3.8) is 0 Å². The van der Waals surface area contributed by atoms with Gasteiger partial charge in [0.25, 0.3) is 0 Å². The van der Waals surface area contributed by atoms with Crippen molar-refractivity contribution >= 4 is 34.1 Å². The Hall–Kier alpha value is -2.36. The van der Waals surface area contributed by atoms with Crippen molar-refractivity contribution < 1.29 is 0 Å². The molecule has 118 valence electrons. The lowest BCUT2D eigenvalue weighted by Crippen LogP contribution is -1.97. The number of hydrogen-bond acceptors (Lipinski definition) is 2. The van der Waals surface area contributed by atoms with Crippen molar-refractivity contribution in [3.05, 3.63) is 76.8 Å². The summed E-state index contributed by atoms with van der Waals surface area (Å²) in [6.45, 7) is 2.06. The van der Waals surface area contributed by atoms with E-state index in [-0.39, 0.29) is 5.28 Å². The van der Waals surface area contributed by atoms with Gasteiger partial charge in [0.15, 0.2) is 0 Å². The van der Waals surface area contributed by atoms with Crippen LogP contribution in [0.3, 0.4) is 0 Å². The van der Waals surface area contributed by atoms with Gasteiger partial charge in [-0.1, -0.05) is 48.0 Å². The monoisotopic (exact) mass is 353 g/mol. The molecular formula is C19H13Cl2N3. The van der Waals surface area contributed by atoms with Crippen LogP contribution in [0.2, 0.25) is 10.3 Å². The molecule has 3 nitrogen and oxygen atoms in total. The number of nitrogens with zero attached hydrogens (tertiary/aromatic N) is 3. The highest BCUT2D eigenvalue weighted by Crippen LogP contribution is 2.38. The van der Waals surface area contributed by atoms with Crippen molar-refractivity contribution in [1.29, 1.82) is 0 Å². The molecule has 2 aromatic carbocycles. The molecular weight excluding hydrogens is 341 g/mol. The van der Waals surface area contributed by atoms with E-state index < -0.39 is 0 Å². The first-order valence-electron chi connectivity index (χ1n) is 7.50. The van der Waals surface area contributed by atoms with E-state index in [0.717, 1.165) is 27.8 Å². The van der Waals surface area contributed by atoms with E-state index in [1.54, 1.807) is 6.20 Å². The Morgan fingerprint density at radius 2 is 1.62 bits per heavy atom. The zero-order chi connectivity index (χ0) is 16.7. The van der Waals surface area contributed by atoms with Crippen LogP contribution in [-0.4, -0.2) is 14.5 Å². The molecule has 4 rings (SSSR count). The number of fused-ring (bicyclic) bond motifs is 1. The minimum Gasteiger partial charge on any atom is -0.313 e. The molecule has 0 bridgehead atoms. The number of hydrogen-bond donors (Lipinski definition) is 0. The predicted molar refractivity (Wildman–Crippen MR) is 99.1 cm³/mol. The first kappa shape index (κ1) is 15.2. The largest absolute Gasteiger partial charge is 0.313 e. The van der Waals surface area contributed by atoms with E-state index in [1.165, 1.54) is 0 Å². The fraction of sp³-hybridized carbons (Fsp3) is 0.0526. The maximum Gasteiger partial charge on any atom is 0.222 e. The Bertz CT molecular complexity index is 1040. The van der Waals surface area contributed by atoms with Crippen LogP contribution in [0.4, 0.5) is 0 Å². The molecule has 0 aliphatic carbocycles. The second-order valence-corrected chi connectivity index (χ2v) is 6.23. The van der Waals surface area contributed by atoms with Gasteiger partial charge in [0.05, 0.1) is 22.4 Å². The highest BCUT2D eigenvalue weighted by atomic mass is 35.5. The van der Waals surface area contributed by atoms with Crippen molar-refractivity contribution in [1.82, 2.24) is 14.5 Å². The maximum atomic E-state index is 6.37. The molecule has 0 aliphatic heterocycles. The lowest BCUT2D eigenvalue weighted by molar-refractivity contribution is 1.05. The van der Waals surface area contributed by atoms with Crippen molar-refractivity contribution in [2.75, 3.05) is 0 Å². The molecule has 0 fully saturated rings. The highest BCUT2D eigenvalue weighted by Gasteiger charge is 2.19. The third-order valence-electron chi connectivity index (χ3n) is 4.08. The van der Waals surface area contributed by atoms with Gasteiger partial charge in [-0.3, -0.25) is 0 Å². The Balaban J connectivity index is 2.11. The zero-order valence-electron chi connectivity index (χ0n) is 12.9. The number of halogens is 2. The smallest absolute Gasteiger partial charge is 0.222 e. The lowest BCUT2D eigenvalue weighted by Gasteiger charge is -2.09. The molecule has 5 heteroatoms. The van der Waals surface area contributed by atoms with Crippen LogP contribution in [0.1, 0.15) is 5.69 Å². The van der Waals surface area contributed by atoms with Crippen molar-refractivity contribution in [3.8, 4) is 16.9 Å². The van der Waals surface area contributed by atoms with Gasteiger partial charge in [0.1, 0.15) is 0 Å². The Labute approximate surface area is 149 Å². The molecule has 24 heavy (non-hydrogen) atoms. The lowest BCUT2D eigenvalue weighted by atomic mass is 10.1. The summed E-state index contributed by atoms with van der Waals surface area (Å²) in [5.41, 5.74) is 4.87. The van der Waals surface area contributed by atoms with E-state index >= 15 is 0 Å². The van der Waals surface area contributed by atoms with Gasteiger partial charge in [0.2, 0.25) is 5.28 Å². The SMILES string of the molecule is Cc1c(-c2nc(Cl)ncc2Cl)c2ccccc2n1-c1ccccc1. The summed E-state index contributed by atoms with van der Waals surface area (Å²) in [5, 5.41) is 1.75. The molecule has 4 aromatic rings. The molecule has 0 atom stereocenters. The molecule has 0 spiro atoms. The van der Waals surface area contributed by atoms with Crippen LogP contribution in [0.25, 0.3) is 27.8 Å². The van der Waals surface area contributed by atoms with Gasteiger partial charge in [-0.25, -0.2) is 9.97 Å². The second kappa shape index (κ2) is 5.93. The fourth-order valence-electron chi connectivity index (χ4n) is 3.10. The van der Waals surface area contributed by atoms with Gasteiger partial charge in [0, 0.05) is 22.3 Å². The molecule has 2 aromatic heterocycles. The molecule has 0 N–H and O–H groups in total. The van der Waals surface area contributed by atoms with Crippen LogP contribution in [0.5, 0.6) is 0 Å². The van der Waals surface area contributed by atoms with E-state index in [1.807, 2.05) is 30.3 Å². The standard InChI is InChI=1S/C19H13Cl2N3/c1-12-17(18-15(20)11-22-19(21)23-18)14-9-5-6-10-16(14)24(12)13-7-3-2-4-8-13/h2-11H,1H3. The van der Waals surface area contributed by atoms with Gasteiger partial charge in [-0.05, 0) is 36.7 Å². The van der Waals surface area contributed by atoms with Crippen LogP contribution < -0.4 is 0 Å².